The summed E-state index contributed by atoms with van der Waals surface area (Å²) in [5.41, 5.74) is 3.63. The Hall–Kier alpha value is -3.07. The molecule has 0 atom stereocenters. The van der Waals surface area contributed by atoms with E-state index in [4.69, 9.17) is 9.47 Å². The van der Waals surface area contributed by atoms with E-state index in [2.05, 4.69) is 26.9 Å². The fourth-order valence-corrected chi connectivity index (χ4v) is 3.44. The van der Waals surface area contributed by atoms with Crippen LogP contribution in [0.3, 0.4) is 0 Å². The van der Waals surface area contributed by atoms with Crippen LogP contribution in [-0.4, -0.2) is 46.1 Å². The highest BCUT2D eigenvalue weighted by Crippen LogP contribution is 2.29. The molecule has 0 bridgehead atoms. The van der Waals surface area contributed by atoms with Crippen LogP contribution in [0.25, 0.3) is 5.69 Å². The Morgan fingerprint density at radius 2 is 1.86 bits per heavy atom. The summed E-state index contributed by atoms with van der Waals surface area (Å²) in [6, 6.07) is 11.3. The summed E-state index contributed by atoms with van der Waals surface area (Å²) in [5, 5.41) is 15.1. The topological polar surface area (TPSA) is 91.2 Å². The molecule has 3 rings (SSSR count). The van der Waals surface area contributed by atoms with Crippen molar-refractivity contribution in [3.05, 3.63) is 47.5 Å². The number of aryl methyl sites for hydroxylation is 2. The number of anilines is 1. The van der Waals surface area contributed by atoms with Gasteiger partial charge in [0, 0.05) is 11.8 Å². The fourth-order valence-electron chi connectivity index (χ4n) is 2.75. The van der Waals surface area contributed by atoms with Gasteiger partial charge in [0.25, 0.3) is 0 Å². The molecule has 1 N–H and O–H groups in total. The minimum Gasteiger partial charge on any atom is -0.497 e. The Balaban J connectivity index is 1.72. The minimum absolute atomic E-state index is 0.133. The molecular formula is C19H21N5O3S. The van der Waals surface area contributed by atoms with Gasteiger partial charge in [-0.25, -0.2) is 0 Å². The van der Waals surface area contributed by atoms with Crippen LogP contribution < -0.4 is 14.8 Å². The van der Waals surface area contributed by atoms with E-state index in [9.17, 15) is 4.79 Å². The number of carbonyl (C=O) groups is 1. The second kappa shape index (κ2) is 8.75. The summed E-state index contributed by atoms with van der Waals surface area (Å²) in [6.45, 7) is 3.99. The maximum absolute atomic E-state index is 12.3. The second-order valence-electron chi connectivity index (χ2n) is 6.12. The van der Waals surface area contributed by atoms with Gasteiger partial charge in [0.1, 0.15) is 17.2 Å². The summed E-state index contributed by atoms with van der Waals surface area (Å²) >= 11 is 1.24. The van der Waals surface area contributed by atoms with Crippen LogP contribution in [0.4, 0.5) is 5.69 Å². The van der Waals surface area contributed by atoms with E-state index in [-0.39, 0.29) is 11.7 Å². The van der Waals surface area contributed by atoms with E-state index in [0.717, 1.165) is 16.8 Å². The van der Waals surface area contributed by atoms with Gasteiger partial charge in [-0.3, -0.25) is 4.79 Å². The van der Waals surface area contributed by atoms with Crippen molar-refractivity contribution in [2.75, 3.05) is 25.3 Å². The third-order valence-electron chi connectivity index (χ3n) is 3.89. The molecule has 1 aromatic heterocycles. The van der Waals surface area contributed by atoms with Gasteiger partial charge in [-0.1, -0.05) is 17.8 Å². The van der Waals surface area contributed by atoms with E-state index in [0.29, 0.717) is 22.3 Å². The van der Waals surface area contributed by atoms with E-state index < -0.39 is 0 Å². The third-order valence-corrected chi connectivity index (χ3v) is 4.81. The van der Waals surface area contributed by atoms with Gasteiger partial charge in [0.05, 0.1) is 20.0 Å². The maximum atomic E-state index is 12.3. The van der Waals surface area contributed by atoms with Gasteiger partial charge in [0.15, 0.2) is 0 Å². The number of rotatable bonds is 7. The van der Waals surface area contributed by atoms with Crippen molar-refractivity contribution in [2.24, 2.45) is 0 Å². The summed E-state index contributed by atoms with van der Waals surface area (Å²) in [5.74, 6) is 1.27. The van der Waals surface area contributed by atoms with E-state index in [1.165, 1.54) is 16.4 Å². The quantitative estimate of drug-likeness (QED) is 0.611. The van der Waals surface area contributed by atoms with E-state index >= 15 is 0 Å². The number of aromatic nitrogens is 4. The third kappa shape index (κ3) is 4.61. The van der Waals surface area contributed by atoms with Gasteiger partial charge >= 0.3 is 0 Å². The van der Waals surface area contributed by atoms with E-state index in [1.807, 2.05) is 26.0 Å². The molecule has 2 aromatic carbocycles. The molecule has 8 nitrogen and oxygen atoms in total. The van der Waals surface area contributed by atoms with Crippen molar-refractivity contribution >= 4 is 23.4 Å². The summed E-state index contributed by atoms with van der Waals surface area (Å²) in [6.07, 6.45) is 0. The lowest BCUT2D eigenvalue weighted by Crippen LogP contribution is -2.15. The average molecular weight is 399 g/mol. The molecule has 0 spiro atoms. The smallest absolute Gasteiger partial charge is 0.234 e. The summed E-state index contributed by atoms with van der Waals surface area (Å²) < 4.78 is 12.2. The standard InChI is InChI=1S/C19H21N5O3S/c1-12-7-13(2)9-14(8-12)20-18(25)11-28-19-21-22-23-24(19)16-6-5-15(26-3)10-17(16)27-4/h5-10H,11H2,1-4H3,(H,20,25). The van der Waals surface area contributed by atoms with Gasteiger partial charge < -0.3 is 14.8 Å². The van der Waals surface area contributed by atoms with E-state index in [1.54, 1.807) is 32.4 Å². The molecule has 3 aromatic rings. The van der Waals surface area contributed by atoms with Crippen LogP contribution in [0.5, 0.6) is 11.5 Å². The number of methoxy groups -OCH3 is 2. The molecule has 28 heavy (non-hydrogen) atoms. The van der Waals surface area contributed by atoms with Crippen LogP contribution in [0.2, 0.25) is 0 Å². The molecular weight excluding hydrogens is 378 g/mol. The number of hydrogen-bond acceptors (Lipinski definition) is 7. The molecule has 0 saturated carbocycles. The van der Waals surface area contributed by atoms with Crippen LogP contribution in [0.15, 0.2) is 41.6 Å². The first-order chi connectivity index (χ1) is 13.5. The first-order valence-electron chi connectivity index (χ1n) is 8.52. The highest BCUT2D eigenvalue weighted by Gasteiger charge is 2.16. The molecule has 0 aliphatic carbocycles. The van der Waals surface area contributed by atoms with Gasteiger partial charge in [-0.05, 0) is 59.7 Å². The molecule has 1 heterocycles. The minimum atomic E-state index is -0.133. The highest BCUT2D eigenvalue weighted by atomic mass is 32.2. The molecule has 0 aliphatic heterocycles. The van der Waals surface area contributed by atoms with Crippen LogP contribution in [0.1, 0.15) is 11.1 Å². The van der Waals surface area contributed by atoms with Crippen LogP contribution in [-0.2, 0) is 4.79 Å². The van der Waals surface area contributed by atoms with Gasteiger partial charge in [-0.15, -0.1) is 5.10 Å². The number of nitrogens with one attached hydrogen (secondary N) is 1. The number of tetrazole rings is 1. The molecule has 0 radical (unpaired) electrons. The number of hydrogen-bond donors (Lipinski definition) is 1. The van der Waals surface area contributed by atoms with Crippen molar-refractivity contribution in [1.29, 1.82) is 0 Å². The number of benzene rings is 2. The monoisotopic (exact) mass is 399 g/mol. The summed E-state index contributed by atoms with van der Waals surface area (Å²) in [7, 11) is 3.15. The molecule has 0 fully saturated rings. The Kier molecular flexibility index (Phi) is 6.15. The predicted octanol–water partition coefficient (Wildman–Crippen LogP) is 3.03. The van der Waals surface area contributed by atoms with Gasteiger partial charge in [-0.2, -0.15) is 4.68 Å². The molecule has 1 amide bonds. The Morgan fingerprint density at radius 1 is 1.11 bits per heavy atom. The number of ether oxygens (including phenoxy) is 2. The van der Waals surface area contributed by atoms with Crippen LogP contribution in [0, 0.1) is 13.8 Å². The maximum Gasteiger partial charge on any atom is 0.234 e. The molecule has 9 heteroatoms. The van der Waals surface area contributed by atoms with Crippen molar-refractivity contribution in [1.82, 2.24) is 20.2 Å². The number of amides is 1. The van der Waals surface area contributed by atoms with Crippen molar-refractivity contribution in [3.63, 3.8) is 0 Å². The SMILES string of the molecule is COc1ccc(-n2nnnc2SCC(=O)Nc2cc(C)cc(C)c2)c(OC)c1. The predicted molar refractivity (Wildman–Crippen MR) is 108 cm³/mol. The second-order valence-corrected chi connectivity index (χ2v) is 7.07. The van der Waals surface area contributed by atoms with Crippen molar-refractivity contribution < 1.29 is 14.3 Å². The lowest BCUT2D eigenvalue weighted by molar-refractivity contribution is -0.113. The van der Waals surface area contributed by atoms with Crippen molar-refractivity contribution in [2.45, 2.75) is 19.0 Å². The Morgan fingerprint density at radius 3 is 2.54 bits per heavy atom. The highest BCUT2D eigenvalue weighted by molar-refractivity contribution is 7.99. The molecule has 146 valence electrons. The van der Waals surface area contributed by atoms with Crippen molar-refractivity contribution in [3.8, 4) is 17.2 Å². The molecule has 0 saturated heterocycles. The first-order valence-corrected chi connectivity index (χ1v) is 9.50. The zero-order valence-corrected chi connectivity index (χ0v) is 16.9. The Bertz CT molecular complexity index is 969. The normalized spacial score (nSPS) is 10.6. The number of thioether (sulfide) groups is 1. The zero-order chi connectivity index (χ0) is 20.1. The summed E-state index contributed by atoms with van der Waals surface area (Å²) in [4.78, 5) is 12.3. The van der Waals surface area contributed by atoms with Gasteiger partial charge in [0.2, 0.25) is 11.1 Å². The van der Waals surface area contributed by atoms with Crippen LogP contribution >= 0.6 is 11.8 Å². The first kappa shape index (κ1) is 19.7. The fraction of sp³-hybridized carbons (Fsp3) is 0.263. The average Bonchev–Trinajstić information content (AvgIpc) is 3.13. The zero-order valence-electron chi connectivity index (χ0n) is 16.1. The largest absolute Gasteiger partial charge is 0.497 e. The molecule has 0 aliphatic rings. The Labute approximate surface area is 167 Å². The molecule has 0 unspecified atom stereocenters. The lowest BCUT2D eigenvalue weighted by atomic mass is 10.1. The number of carbonyl (C=O) groups excluding carboxylic acids is 1. The lowest BCUT2D eigenvalue weighted by Gasteiger charge is -2.11. The number of nitrogens with zero attached hydrogens (tertiary/aromatic N) is 4.